The lowest BCUT2D eigenvalue weighted by Crippen LogP contribution is -2.62. The van der Waals surface area contributed by atoms with Gasteiger partial charge in [0.15, 0.2) is 0 Å². The molecule has 32 heavy (non-hydrogen) atoms. The van der Waals surface area contributed by atoms with Crippen molar-refractivity contribution < 1.29 is 14.3 Å². The van der Waals surface area contributed by atoms with E-state index in [2.05, 4.69) is 15.2 Å². The summed E-state index contributed by atoms with van der Waals surface area (Å²) in [4.78, 5) is 20.0. The predicted molar refractivity (Wildman–Crippen MR) is 124 cm³/mol. The molecule has 1 N–H and O–H groups in total. The van der Waals surface area contributed by atoms with Gasteiger partial charge in [-0.2, -0.15) is 0 Å². The van der Waals surface area contributed by atoms with Crippen molar-refractivity contribution in [1.82, 2.24) is 15.2 Å². The lowest BCUT2D eigenvalue weighted by Gasteiger charge is -2.46. The molecule has 0 bridgehead atoms. The second kappa shape index (κ2) is 9.38. The van der Waals surface area contributed by atoms with Crippen molar-refractivity contribution in [2.45, 2.75) is 50.2 Å². The maximum atomic E-state index is 13.5. The Morgan fingerprint density at radius 2 is 1.91 bits per heavy atom. The van der Waals surface area contributed by atoms with Gasteiger partial charge in [0.2, 0.25) is 5.91 Å². The molecule has 1 saturated carbocycles. The van der Waals surface area contributed by atoms with Crippen molar-refractivity contribution >= 4 is 17.5 Å². The monoisotopic (exact) mass is 455 g/mol. The Balaban J connectivity index is 1.29. The quantitative estimate of drug-likeness (QED) is 0.741. The van der Waals surface area contributed by atoms with Crippen LogP contribution in [-0.2, 0) is 16.0 Å². The Bertz CT molecular complexity index is 956. The smallest absolute Gasteiger partial charge is 0.240 e. The number of nitrogens with one attached hydrogen (secondary N) is 1. The number of fused-ring (bicyclic) bond motifs is 1. The van der Waals surface area contributed by atoms with E-state index in [-0.39, 0.29) is 12.0 Å². The molecule has 1 saturated heterocycles. The first-order valence-electron chi connectivity index (χ1n) is 11.7. The lowest BCUT2D eigenvalue weighted by atomic mass is 9.79. The molecule has 6 nitrogen and oxygen atoms in total. The fraction of sp³-hybridized carbons (Fsp3) is 0.520. The number of carbonyl (C=O) groups is 1. The van der Waals surface area contributed by atoms with Crippen molar-refractivity contribution in [3.63, 3.8) is 0 Å². The van der Waals surface area contributed by atoms with E-state index in [1.165, 1.54) is 6.42 Å². The average Bonchev–Trinajstić information content (AvgIpc) is 3.26. The fourth-order valence-electron chi connectivity index (χ4n) is 5.44. The molecule has 0 spiro atoms. The van der Waals surface area contributed by atoms with Crippen molar-refractivity contribution in [3.05, 3.63) is 47.2 Å². The van der Waals surface area contributed by atoms with Crippen LogP contribution in [0.5, 0.6) is 5.75 Å². The topological polar surface area (TPSA) is 63.7 Å². The second-order valence-electron chi connectivity index (χ2n) is 9.02. The normalized spacial score (nSPS) is 22.7. The summed E-state index contributed by atoms with van der Waals surface area (Å²) in [6.07, 6.45) is 9.43. The number of hydrogen-bond acceptors (Lipinski definition) is 5. The average molecular weight is 456 g/mol. The summed E-state index contributed by atoms with van der Waals surface area (Å²) < 4.78 is 11.9. The van der Waals surface area contributed by atoms with E-state index < -0.39 is 5.54 Å². The Morgan fingerprint density at radius 3 is 2.66 bits per heavy atom. The summed E-state index contributed by atoms with van der Waals surface area (Å²) in [6.45, 7) is 3.55. The number of morpholine rings is 1. The van der Waals surface area contributed by atoms with Gasteiger partial charge in [-0.1, -0.05) is 30.9 Å². The van der Waals surface area contributed by atoms with E-state index in [1.807, 2.05) is 24.3 Å². The molecule has 1 unspecified atom stereocenters. The van der Waals surface area contributed by atoms with Gasteiger partial charge in [-0.25, -0.2) is 0 Å². The Labute approximate surface area is 194 Å². The van der Waals surface area contributed by atoms with E-state index in [1.54, 1.807) is 12.4 Å². The van der Waals surface area contributed by atoms with Crippen LogP contribution in [0.3, 0.4) is 0 Å². The SMILES string of the molecule is O=C(NCC1Cc2cc(Cl)cc(-c3ccncc3)c2O1)C1(N2CCOCC2)CCCCC1. The van der Waals surface area contributed by atoms with Crippen LogP contribution in [0, 0.1) is 0 Å². The predicted octanol–water partition coefficient (Wildman–Crippen LogP) is 3.86. The maximum Gasteiger partial charge on any atom is 0.240 e. The Morgan fingerprint density at radius 1 is 1.16 bits per heavy atom. The van der Waals surface area contributed by atoms with E-state index in [0.717, 1.165) is 67.6 Å². The number of benzene rings is 1. The third-order valence-electron chi connectivity index (χ3n) is 7.06. The molecule has 1 atom stereocenters. The van der Waals surface area contributed by atoms with E-state index in [9.17, 15) is 4.79 Å². The number of carbonyl (C=O) groups excluding carboxylic acids is 1. The van der Waals surface area contributed by atoms with Crippen LogP contribution in [-0.4, -0.2) is 60.3 Å². The van der Waals surface area contributed by atoms with E-state index in [4.69, 9.17) is 21.1 Å². The van der Waals surface area contributed by atoms with Crippen molar-refractivity contribution in [2.75, 3.05) is 32.8 Å². The maximum absolute atomic E-state index is 13.5. The molecule has 1 aliphatic carbocycles. The highest BCUT2D eigenvalue weighted by atomic mass is 35.5. The second-order valence-corrected chi connectivity index (χ2v) is 9.46. The summed E-state index contributed by atoms with van der Waals surface area (Å²) in [7, 11) is 0. The number of halogens is 1. The number of ether oxygens (including phenoxy) is 2. The van der Waals surface area contributed by atoms with Gasteiger partial charge in [-0.15, -0.1) is 0 Å². The minimum atomic E-state index is -0.404. The van der Waals surface area contributed by atoms with Crippen LogP contribution < -0.4 is 10.1 Å². The van der Waals surface area contributed by atoms with Crippen molar-refractivity contribution in [1.29, 1.82) is 0 Å². The van der Waals surface area contributed by atoms with Crippen LogP contribution in [0.25, 0.3) is 11.1 Å². The molecule has 1 aromatic carbocycles. The van der Waals surface area contributed by atoms with Gasteiger partial charge >= 0.3 is 0 Å². The first-order valence-corrected chi connectivity index (χ1v) is 12.0. The van der Waals surface area contributed by atoms with Gasteiger partial charge in [0, 0.05) is 48.1 Å². The minimum absolute atomic E-state index is 0.0988. The Kier molecular flexibility index (Phi) is 6.35. The number of rotatable bonds is 5. The summed E-state index contributed by atoms with van der Waals surface area (Å²) in [6, 6.07) is 7.82. The van der Waals surface area contributed by atoms with E-state index in [0.29, 0.717) is 24.8 Å². The number of aromatic nitrogens is 1. The molecule has 2 aromatic rings. The highest BCUT2D eigenvalue weighted by Crippen LogP contribution is 2.41. The summed E-state index contributed by atoms with van der Waals surface area (Å²) in [5, 5.41) is 3.94. The largest absolute Gasteiger partial charge is 0.487 e. The van der Waals surface area contributed by atoms with Crippen LogP contribution >= 0.6 is 11.6 Å². The molecule has 7 heteroatoms. The third-order valence-corrected chi connectivity index (χ3v) is 7.28. The van der Waals surface area contributed by atoms with Gasteiger partial charge in [0.1, 0.15) is 17.4 Å². The first-order chi connectivity index (χ1) is 15.7. The molecule has 5 rings (SSSR count). The van der Waals surface area contributed by atoms with E-state index >= 15 is 0 Å². The molecule has 170 valence electrons. The molecule has 3 heterocycles. The zero-order valence-electron chi connectivity index (χ0n) is 18.3. The summed E-state index contributed by atoms with van der Waals surface area (Å²) >= 11 is 6.40. The van der Waals surface area contributed by atoms with Gasteiger partial charge in [-0.05, 0) is 42.7 Å². The number of pyridine rings is 1. The van der Waals surface area contributed by atoms with Crippen LogP contribution in [0.2, 0.25) is 5.02 Å². The van der Waals surface area contributed by atoms with Crippen molar-refractivity contribution in [2.24, 2.45) is 0 Å². The lowest BCUT2D eigenvalue weighted by molar-refractivity contribution is -0.140. The first kappa shape index (κ1) is 21.7. The fourth-order valence-corrected chi connectivity index (χ4v) is 5.68. The van der Waals surface area contributed by atoms with Crippen LogP contribution in [0.15, 0.2) is 36.7 Å². The van der Waals surface area contributed by atoms with Crippen LogP contribution in [0.1, 0.15) is 37.7 Å². The van der Waals surface area contributed by atoms with Gasteiger partial charge < -0.3 is 14.8 Å². The third kappa shape index (κ3) is 4.24. The summed E-state index contributed by atoms with van der Waals surface area (Å²) in [5.41, 5.74) is 2.68. The molecular weight excluding hydrogens is 426 g/mol. The molecule has 3 aliphatic rings. The van der Waals surface area contributed by atoms with Gasteiger partial charge in [0.05, 0.1) is 19.8 Å². The standard InChI is InChI=1S/C25H30ClN3O3/c26-20-14-19-15-21(32-23(19)22(16-20)18-4-8-27-9-5-18)17-28-24(30)25(6-2-1-3-7-25)29-10-12-31-13-11-29/h4-5,8-9,14,16,21H,1-3,6-7,10-13,15,17H2,(H,28,30). The highest BCUT2D eigenvalue weighted by molar-refractivity contribution is 6.31. The molecule has 2 aliphatic heterocycles. The molecule has 2 fully saturated rings. The highest BCUT2D eigenvalue weighted by Gasteiger charge is 2.45. The van der Waals surface area contributed by atoms with Gasteiger partial charge in [-0.3, -0.25) is 14.7 Å². The zero-order valence-corrected chi connectivity index (χ0v) is 19.1. The summed E-state index contributed by atoms with van der Waals surface area (Å²) in [5.74, 6) is 1.01. The molecule has 1 amide bonds. The van der Waals surface area contributed by atoms with Gasteiger partial charge in [0.25, 0.3) is 0 Å². The number of hydrogen-bond donors (Lipinski definition) is 1. The molecular formula is C25H30ClN3O3. The van der Waals surface area contributed by atoms with Crippen LogP contribution in [0.4, 0.5) is 0 Å². The molecule has 0 radical (unpaired) electrons. The minimum Gasteiger partial charge on any atom is -0.487 e. The molecule has 1 aromatic heterocycles. The zero-order chi connectivity index (χ0) is 22.0. The number of nitrogens with zero attached hydrogens (tertiary/aromatic N) is 2. The number of amides is 1. The Hall–Kier alpha value is -2.15. The van der Waals surface area contributed by atoms with Crippen molar-refractivity contribution in [3.8, 4) is 16.9 Å².